The van der Waals surface area contributed by atoms with Gasteiger partial charge >= 0.3 is 0 Å². The lowest BCUT2D eigenvalue weighted by Crippen LogP contribution is -1.96. The third kappa shape index (κ3) is 1.82. The van der Waals surface area contributed by atoms with Gasteiger partial charge in [0.25, 0.3) is 0 Å². The molecule has 0 amide bonds. The lowest BCUT2D eigenvalue weighted by atomic mass is 10.3. The molecule has 4 nitrogen and oxygen atoms in total. The number of aromatic nitrogens is 3. The van der Waals surface area contributed by atoms with E-state index >= 15 is 0 Å². The van der Waals surface area contributed by atoms with E-state index < -0.39 is 0 Å². The number of rotatable bonds is 2. The van der Waals surface area contributed by atoms with E-state index in [2.05, 4.69) is 32.7 Å². The summed E-state index contributed by atoms with van der Waals surface area (Å²) >= 11 is 2.18. The van der Waals surface area contributed by atoms with E-state index in [1.165, 1.54) is 0 Å². The van der Waals surface area contributed by atoms with E-state index in [0.29, 0.717) is 5.69 Å². The van der Waals surface area contributed by atoms with E-state index in [0.717, 1.165) is 15.5 Å². The first kappa shape index (κ1) is 9.32. The molecule has 0 atom stereocenters. The lowest BCUT2D eigenvalue weighted by Gasteiger charge is -1.99. The fraction of sp³-hybridized carbons (Fsp3) is 0. The smallest absolute Gasteiger partial charge is 0.168 e. The van der Waals surface area contributed by atoms with E-state index in [4.69, 9.17) is 0 Å². The molecule has 70 valence electrons. The average molecular weight is 299 g/mol. The van der Waals surface area contributed by atoms with Gasteiger partial charge < -0.3 is 0 Å². The molecule has 5 heteroatoms. The molecule has 0 N–H and O–H groups in total. The maximum atomic E-state index is 10.4. The zero-order chi connectivity index (χ0) is 9.97. The molecule has 0 saturated heterocycles. The lowest BCUT2D eigenvalue weighted by molar-refractivity contribution is 0.111. The minimum absolute atomic E-state index is 0.426. The topological polar surface area (TPSA) is 47.8 Å². The van der Waals surface area contributed by atoms with Crippen molar-refractivity contribution in [2.75, 3.05) is 0 Å². The van der Waals surface area contributed by atoms with Crippen LogP contribution in [0.1, 0.15) is 10.5 Å². The van der Waals surface area contributed by atoms with Crippen molar-refractivity contribution in [1.82, 2.24) is 14.8 Å². The maximum absolute atomic E-state index is 10.4. The van der Waals surface area contributed by atoms with Crippen LogP contribution >= 0.6 is 22.6 Å². The molecule has 0 unspecified atom stereocenters. The minimum atomic E-state index is 0.426. The zero-order valence-corrected chi connectivity index (χ0v) is 9.25. The number of hydrogen-bond acceptors (Lipinski definition) is 3. The normalized spacial score (nSPS) is 10.1. The van der Waals surface area contributed by atoms with Crippen molar-refractivity contribution in [3.63, 3.8) is 0 Å². The molecule has 0 aliphatic rings. The fourth-order valence-corrected chi connectivity index (χ4v) is 1.43. The molecule has 2 aromatic rings. The quantitative estimate of drug-likeness (QED) is 0.626. The molecule has 2 heterocycles. The molecule has 0 bridgehead atoms. The minimum Gasteiger partial charge on any atom is -0.296 e. The van der Waals surface area contributed by atoms with Crippen LogP contribution in [-0.2, 0) is 0 Å². The zero-order valence-electron chi connectivity index (χ0n) is 7.09. The third-order valence-electron chi connectivity index (χ3n) is 1.71. The number of hydrogen-bond donors (Lipinski definition) is 0. The van der Waals surface area contributed by atoms with Gasteiger partial charge in [-0.25, -0.2) is 4.68 Å². The van der Waals surface area contributed by atoms with Gasteiger partial charge in [0.1, 0.15) is 5.69 Å². The molecule has 2 aromatic heterocycles. The van der Waals surface area contributed by atoms with Gasteiger partial charge in [0.15, 0.2) is 6.29 Å². The summed E-state index contributed by atoms with van der Waals surface area (Å²) in [6, 6.07) is 3.47. The number of halogens is 1. The second-order valence-corrected chi connectivity index (χ2v) is 3.91. The highest BCUT2D eigenvalue weighted by Crippen LogP contribution is 2.08. The van der Waals surface area contributed by atoms with Crippen LogP contribution in [0.2, 0.25) is 0 Å². The predicted octanol–water partition coefficient (Wildman–Crippen LogP) is 1.68. The molecule has 0 fully saturated rings. The Morgan fingerprint density at radius 1 is 1.36 bits per heavy atom. The molecule has 0 aromatic carbocycles. The monoisotopic (exact) mass is 299 g/mol. The second-order valence-electron chi connectivity index (χ2n) is 2.66. The Kier molecular flexibility index (Phi) is 2.58. The Labute approximate surface area is 94.1 Å². The number of nitrogens with zero attached hydrogens (tertiary/aromatic N) is 3. The van der Waals surface area contributed by atoms with Crippen LogP contribution in [0.25, 0.3) is 5.69 Å². The highest BCUT2D eigenvalue weighted by atomic mass is 127. The third-order valence-corrected chi connectivity index (χ3v) is 2.26. The highest BCUT2D eigenvalue weighted by Gasteiger charge is 1.99. The largest absolute Gasteiger partial charge is 0.296 e. The first-order valence-electron chi connectivity index (χ1n) is 3.91. The van der Waals surface area contributed by atoms with Crippen molar-refractivity contribution >= 4 is 28.9 Å². The van der Waals surface area contributed by atoms with Gasteiger partial charge in [0, 0.05) is 6.20 Å². The van der Waals surface area contributed by atoms with Gasteiger partial charge in [-0.2, -0.15) is 5.10 Å². The Hall–Kier alpha value is -1.24. The summed E-state index contributed by atoms with van der Waals surface area (Å²) < 4.78 is 2.77. The van der Waals surface area contributed by atoms with Crippen LogP contribution in [-0.4, -0.2) is 21.1 Å². The van der Waals surface area contributed by atoms with Crippen molar-refractivity contribution in [2.45, 2.75) is 0 Å². The van der Waals surface area contributed by atoms with Crippen molar-refractivity contribution in [2.24, 2.45) is 0 Å². The predicted molar refractivity (Wildman–Crippen MR) is 59.5 cm³/mol. The van der Waals surface area contributed by atoms with Crippen LogP contribution in [0, 0.1) is 3.57 Å². The number of carbonyl (C=O) groups is 1. The van der Waals surface area contributed by atoms with Gasteiger partial charge in [-0.15, -0.1) is 0 Å². The molecule has 2 rings (SSSR count). The van der Waals surface area contributed by atoms with E-state index in [1.54, 1.807) is 29.2 Å². The van der Waals surface area contributed by atoms with Crippen molar-refractivity contribution < 1.29 is 4.79 Å². The summed E-state index contributed by atoms with van der Waals surface area (Å²) in [5.41, 5.74) is 1.27. The van der Waals surface area contributed by atoms with Gasteiger partial charge in [-0.3, -0.25) is 9.78 Å². The summed E-state index contributed by atoms with van der Waals surface area (Å²) in [5, 5.41) is 4.12. The van der Waals surface area contributed by atoms with Crippen LogP contribution in [0.4, 0.5) is 0 Å². The first-order valence-corrected chi connectivity index (χ1v) is 4.99. The van der Waals surface area contributed by atoms with Crippen LogP contribution in [0.5, 0.6) is 0 Å². The van der Waals surface area contributed by atoms with Gasteiger partial charge in [0.05, 0.1) is 21.7 Å². The standard InChI is InChI=1S/C9H6IN3O/c10-7-3-12-13(5-7)9-2-1-8(6-14)11-4-9/h1-6H. The van der Waals surface area contributed by atoms with E-state index in [1.807, 2.05) is 6.20 Å². The van der Waals surface area contributed by atoms with Crippen LogP contribution in [0.3, 0.4) is 0 Å². The van der Waals surface area contributed by atoms with Gasteiger partial charge in [-0.05, 0) is 34.7 Å². The van der Waals surface area contributed by atoms with Gasteiger partial charge in [-0.1, -0.05) is 0 Å². The maximum Gasteiger partial charge on any atom is 0.168 e. The Balaban J connectivity index is 2.38. The Bertz CT molecular complexity index is 449. The van der Waals surface area contributed by atoms with Crippen LogP contribution < -0.4 is 0 Å². The summed E-state index contributed by atoms with van der Waals surface area (Å²) in [7, 11) is 0. The molecule has 0 spiro atoms. The number of aldehydes is 1. The summed E-state index contributed by atoms with van der Waals surface area (Å²) in [5.74, 6) is 0. The summed E-state index contributed by atoms with van der Waals surface area (Å²) in [6.07, 6.45) is 5.98. The fourth-order valence-electron chi connectivity index (χ4n) is 1.04. The number of pyridine rings is 1. The SMILES string of the molecule is O=Cc1ccc(-n2cc(I)cn2)cn1. The molecule has 0 radical (unpaired) electrons. The van der Waals surface area contributed by atoms with E-state index in [-0.39, 0.29) is 0 Å². The van der Waals surface area contributed by atoms with Crippen molar-refractivity contribution in [3.05, 3.63) is 40.0 Å². The van der Waals surface area contributed by atoms with Crippen molar-refractivity contribution in [3.8, 4) is 5.69 Å². The van der Waals surface area contributed by atoms with Crippen molar-refractivity contribution in [1.29, 1.82) is 0 Å². The second kappa shape index (κ2) is 3.87. The molecule has 0 aliphatic carbocycles. The molecular weight excluding hydrogens is 293 g/mol. The van der Waals surface area contributed by atoms with Crippen LogP contribution in [0.15, 0.2) is 30.7 Å². The first-order chi connectivity index (χ1) is 6.79. The molecule has 14 heavy (non-hydrogen) atoms. The molecule has 0 aliphatic heterocycles. The number of carbonyl (C=O) groups excluding carboxylic acids is 1. The Morgan fingerprint density at radius 2 is 2.21 bits per heavy atom. The summed E-state index contributed by atoms with van der Waals surface area (Å²) in [6.45, 7) is 0. The average Bonchev–Trinajstić information content (AvgIpc) is 2.65. The molecular formula is C9H6IN3O. The van der Waals surface area contributed by atoms with E-state index in [9.17, 15) is 4.79 Å². The highest BCUT2D eigenvalue weighted by molar-refractivity contribution is 14.1. The summed E-state index contributed by atoms with van der Waals surface area (Å²) in [4.78, 5) is 14.3. The van der Waals surface area contributed by atoms with Gasteiger partial charge in [0.2, 0.25) is 0 Å². The molecule has 0 saturated carbocycles. The Morgan fingerprint density at radius 3 is 2.71 bits per heavy atom.